The van der Waals surface area contributed by atoms with Crippen molar-refractivity contribution in [3.05, 3.63) is 31.9 Å². The molecule has 0 saturated heterocycles. The maximum atomic E-state index is 10.6. The summed E-state index contributed by atoms with van der Waals surface area (Å²) in [7, 11) is 0. The normalized spacial score (nSPS) is 10.3. The second-order valence-electron chi connectivity index (χ2n) is 3.81. The minimum Gasteiger partial charge on any atom is -0.382 e. The van der Waals surface area contributed by atoms with E-state index in [2.05, 4.69) is 34.8 Å². The molecule has 1 N–H and O–H groups in total. The Kier molecular flexibility index (Phi) is 6.96. The van der Waals surface area contributed by atoms with E-state index in [1.165, 1.54) is 6.07 Å². The van der Waals surface area contributed by atoms with Gasteiger partial charge in [0, 0.05) is 34.5 Å². The highest BCUT2D eigenvalue weighted by Crippen LogP contribution is 2.23. The number of hydrogen-bond acceptors (Lipinski definition) is 4. The van der Waals surface area contributed by atoms with Gasteiger partial charge in [-0.3, -0.25) is 10.1 Å². The summed E-state index contributed by atoms with van der Waals surface area (Å²) in [6.07, 6.45) is 2.21. The van der Waals surface area contributed by atoms with Crippen molar-refractivity contribution in [2.24, 2.45) is 0 Å². The number of unbranched alkanes of at least 4 members (excludes halogenated alkanes) is 1. The van der Waals surface area contributed by atoms with Gasteiger partial charge in [0.2, 0.25) is 0 Å². The van der Waals surface area contributed by atoms with Crippen molar-refractivity contribution in [2.75, 3.05) is 25.1 Å². The number of rotatable bonds is 8. The van der Waals surface area contributed by atoms with Crippen molar-refractivity contribution in [1.82, 2.24) is 0 Å². The van der Waals surface area contributed by atoms with E-state index in [-0.39, 0.29) is 10.6 Å². The van der Waals surface area contributed by atoms with E-state index in [1.807, 2.05) is 0 Å². The molecule has 0 heterocycles. The third-order valence-corrected chi connectivity index (χ3v) is 3.26. The molecule has 1 aromatic carbocycles. The molecule has 0 amide bonds. The van der Waals surface area contributed by atoms with Crippen LogP contribution in [0.3, 0.4) is 0 Å². The number of halogens is 1. The van der Waals surface area contributed by atoms with Gasteiger partial charge < -0.3 is 10.1 Å². The van der Waals surface area contributed by atoms with E-state index in [0.29, 0.717) is 13.2 Å². The summed E-state index contributed by atoms with van der Waals surface area (Å²) in [5.41, 5.74) is 1.02. The van der Waals surface area contributed by atoms with Crippen molar-refractivity contribution >= 4 is 34.0 Å². The van der Waals surface area contributed by atoms with Crippen molar-refractivity contribution in [1.29, 1.82) is 0 Å². The van der Waals surface area contributed by atoms with Gasteiger partial charge in [-0.05, 0) is 35.1 Å². The largest absolute Gasteiger partial charge is 0.382 e. The van der Waals surface area contributed by atoms with Crippen LogP contribution < -0.4 is 5.32 Å². The molecule has 6 heteroatoms. The Bertz CT molecular complexity index is 399. The lowest BCUT2D eigenvalue weighted by Gasteiger charge is -2.08. The second kappa shape index (κ2) is 8.25. The van der Waals surface area contributed by atoms with Crippen LogP contribution in [0.15, 0.2) is 18.2 Å². The van der Waals surface area contributed by atoms with Crippen molar-refractivity contribution in [2.45, 2.75) is 19.8 Å². The number of nitrogens with zero attached hydrogens (tertiary/aromatic N) is 1. The van der Waals surface area contributed by atoms with Crippen LogP contribution in [0.5, 0.6) is 0 Å². The third-order valence-electron chi connectivity index (χ3n) is 2.37. The molecule has 0 aliphatic heterocycles. The highest BCUT2D eigenvalue weighted by Gasteiger charge is 2.08. The number of nitro benzene ring substituents is 1. The van der Waals surface area contributed by atoms with Crippen molar-refractivity contribution < 1.29 is 9.66 Å². The van der Waals surface area contributed by atoms with Gasteiger partial charge in [0.25, 0.3) is 5.69 Å². The Morgan fingerprint density at radius 1 is 1.44 bits per heavy atom. The van der Waals surface area contributed by atoms with Gasteiger partial charge in [0.1, 0.15) is 0 Å². The van der Waals surface area contributed by atoms with Crippen LogP contribution in [0.1, 0.15) is 19.8 Å². The molecule has 18 heavy (non-hydrogen) atoms. The summed E-state index contributed by atoms with van der Waals surface area (Å²) in [6.45, 7) is 4.26. The fourth-order valence-electron chi connectivity index (χ4n) is 1.37. The highest BCUT2D eigenvalue weighted by molar-refractivity contribution is 14.1. The number of non-ortho nitro benzene ring substituents is 1. The minimum absolute atomic E-state index is 0.115. The van der Waals surface area contributed by atoms with E-state index in [1.54, 1.807) is 12.1 Å². The summed E-state index contributed by atoms with van der Waals surface area (Å²) < 4.78 is 6.27. The average Bonchev–Trinajstić information content (AvgIpc) is 2.35. The maximum absolute atomic E-state index is 10.6. The third kappa shape index (κ3) is 5.18. The smallest absolute Gasteiger partial charge is 0.270 e. The quantitative estimate of drug-likeness (QED) is 0.332. The molecular weight excluding hydrogens is 347 g/mol. The molecule has 100 valence electrons. The molecule has 0 aromatic heterocycles. The molecule has 5 nitrogen and oxygen atoms in total. The lowest BCUT2D eigenvalue weighted by molar-refractivity contribution is -0.384. The fraction of sp³-hybridized carbons (Fsp3) is 0.500. The highest BCUT2D eigenvalue weighted by atomic mass is 127. The van der Waals surface area contributed by atoms with Gasteiger partial charge in [-0.15, -0.1) is 0 Å². The van der Waals surface area contributed by atoms with Gasteiger partial charge in [-0.1, -0.05) is 13.3 Å². The topological polar surface area (TPSA) is 64.4 Å². The molecule has 0 radical (unpaired) electrons. The Balaban J connectivity index is 2.36. The molecule has 0 saturated carbocycles. The first-order valence-corrected chi connectivity index (χ1v) is 6.98. The molecule has 0 aliphatic carbocycles. The van der Waals surface area contributed by atoms with E-state index in [4.69, 9.17) is 4.74 Å². The SMILES string of the molecule is CCCCOCCNc1ccc([N+](=O)[O-])cc1I. The zero-order chi connectivity index (χ0) is 13.4. The predicted octanol–water partition coefficient (Wildman–Crippen LogP) is 3.43. The van der Waals surface area contributed by atoms with Crippen LogP contribution in [0.25, 0.3) is 0 Å². The molecule has 0 bridgehead atoms. The Morgan fingerprint density at radius 2 is 2.22 bits per heavy atom. The Morgan fingerprint density at radius 3 is 2.83 bits per heavy atom. The second-order valence-corrected chi connectivity index (χ2v) is 4.98. The molecule has 0 atom stereocenters. The van der Waals surface area contributed by atoms with Crippen LogP contribution in [-0.2, 0) is 4.74 Å². The number of nitrogens with one attached hydrogen (secondary N) is 1. The standard InChI is InChI=1S/C12H17IN2O3/c1-2-3-7-18-8-6-14-12-5-4-10(15(16)17)9-11(12)13/h4-5,9,14H,2-3,6-8H2,1H3. The number of hydrogen-bond donors (Lipinski definition) is 1. The maximum Gasteiger partial charge on any atom is 0.270 e. The van der Waals surface area contributed by atoms with Crippen LogP contribution in [0, 0.1) is 13.7 Å². The summed E-state index contributed by atoms with van der Waals surface area (Å²) in [5.74, 6) is 0. The average molecular weight is 364 g/mol. The van der Waals surface area contributed by atoms with E-state index in [0.717, 1.165) is 28.7 Å². The van der Waals surface area contributed by atoms with Crippen LogP contribution in [-0.4, -0.2) is 24.7 Å². The number of anilines is 1. The van der Waals surface area contributed by atoms with Crippen molar-refractivity contribution in [3.8, 4) is 0 Å². The molecule has 0 spiro atoms. The lowest BCUT2D eigenvalue weighted by atomic mass is 10.3. The summed E-state index contributed by atoms with van der Waals surface area (Å²) in [6, 6.07) is 4.79. The predicted molar refractivity (Wildman–Crippen MR) is 80.0 cm³/mol. The van der Waals surface area contributed by atoms with Crippen LogP contribution in [0.2, 0.25) is 0 Å². The molecule has 0 fully saturated rings. The summed E-state index contributed by atoms with van der Waals surface area (Å²) in [4.78, 5) is 10.2. The van der Waals surface area contributed by atoms with Gasteiger partial charge >= 0.3 is 0 Å². The van der Waals surface area contributed by atoms with E-state index < -0.39 is 0 Å². The minimum atomic E-state index is -0.389. The van der Waals surface area contributed by atoms with E-state index in [9.17, 15) is 10.1 Å². The molecule has 0 unspecified atom stereocenters. The molecule has 0 aliphatic rings. The van der Waals surface area contributed by atoms with Gasteiger partial charge in [0.15, 0.2) is 0 Å². The van der Waals surface area contributed by atoms with Gasteiger partial charge in [-0.2, -0.15) is 0 Å². The Hall–Kier alpha value is -0.890. The van der Waals surface area contributed by atoms with Gasteiger partial charge in [-0.25, -0.2) is 0 Å². The number of benzene rings is 1. The number of nitro groups is 1. The van der Waals surface area contributed by atoms with Crippen LogP contribution >= 0.6 is 22.6 Å². The first-order valence-electron chi connectivity index (χ1n) is 5.90. The molecule has 1 rings (SSSR count). The molecular formula is C12H17IN2O3. The first kappa shape index (κ1) is 15.2. The molecule has 1 aromatic rings. The fourth-order valence-corrected chi connectivity index (χ4v) is 2.06. The Labute approximate surface area is 120 Å². The summed E-state index contributed by atoms with van der Waals surface area (Å²) in [5, 5.41) is 13.8. The lowest BCUT2D eigenvalue weighted by Crippen LogP contribution is -2.10. The zero-order valence-electron chi connectivity index (χ0n) is 10.3. The summed E-state index contributed by atoms with van der Waals surface area (Å²) >= 11 is 2.09. The van der Waals surface area contributed by atoms with Gasteiger partial charge in [0.05, 0.1) is 11.5 Å². The first-order chi connectivity index (χ1) is 8.65. The monoisotopic (exact) mass is 364 g/mol. The van der Waals surface area contributed by atoms with Crippen molar-refractivity contribution in [3.63, 3.8) is 0 Å². The van der Waals surface area contributed by atoms with Crippen LogP contribution in [0.4, 0.5) is 11.4 Å². The van der Waals surface area contributed by atoms with E-state index >= 15 is 0 Å². The number of ether oxygens (including phenoxy) is 1. The zero-order valence-corrected chi connectivity index (χ0v) is 12.5.